The minimum absolute atomic E-state index is 0.0209. The van der Waals surface area contributed by atoms with Gasteiger partial charge in [-0.2, -0.15) is 11.8 Å². The van der Waals surface area contributed by atoms with Crippen LogP contribution in [0, 0.1) is 0 Å². The van der Waals surface area contributed by atoms with E-state index in [2.05, 4.69) is 0 Å². The molecule has 1 fully saturated rings. The van der Waals surface area contributed by atoms with Gasteiger partial charge in [-0.3, -0.25) is 9.59 Å². The molecule has 1 amide bonds. The summed E-state index contributed by atoms with van der Waals surface area (Å²) in [5.41, 5.74) is 1.72. The van der Waals surface area contributed by atoms with Crippen LogP contribution >= 0.6 is 11.8 Å². The van der Waals surface area contributed by atoms with E-state index in [-0.39, 0.29) is 18.4 Å². The van der Waals surface area contributed by atoms with Crippen LogP contribution in [-0.2, 0) is 11.2 Å². The van der Waals surface area contributed by atoms with Crippen molar-refractivity contribution in [1.29, 1.82) is 0 Å². The number of nitrogens with zero attached hydrogens (tertiary/aromatic N) is 1. The summed E-state index contributed by atoms with van der Waals surface area (Å²) in [5.74, 6) is 0.690. The Bertz CT molecular complexity index is 504. The lowest BCUT2D eigenvalue weighted by Crippen LogP contribution is -2.47. The fourth-order valence-electron chi connectivity index (χ4n) is 2.48. The van der Waals surface area contributed by atoms with Crippen LogP contribution in [-0.4, -0.2) is 46.0 Å². The van der Waals surface area contributed by atoms with Gasteiger partial charge in [-0.1, -0.05) is 25.1 Å². The fraction of sp³-hybridized carbons (Fsp3) is 0.467. The number of carbonyl (C=O) groups excluding carboxylic acids is 1. The van der Waals surface area contributed by atoms with Crippen molar-refractivity contribution in [3.63, 3.8) is 0 Å². The van der Waals surface area contributed by atoms with E-state index < -0.39 is 5.97 Å². The maximum Gasteiger partial charge on any atom is 0.305 e. The smallest absolute Gasteiger partial charge is 0.305 e. The zero-order chi connectivity index (χ0) is 14.5. The maximum atomic E-state index is 12.7. The third-order valence-electron chi connectivity index (χ3n) is 3.53. The predicted octanol–water partition coefficient (Wildman–Crippen LogP) is 2.28. The van der Waals surface area contributed by atoms with Crippen molar-refractivity contribution >= 4 is 23.6 Å². The van der Waals surface area contributed by atoms with E-state index in [0.29, 0.717) is 17.9 Å². The number of hydrogen-bond acceptors (Lipinski definition) is 3. The Morgan fingerprint density at radius 2 is 2.15 bits per heavy atom. The summed E-state index contributed by atoms with van der Waals surface area (Å²) in [6.45, 7) is 2.65. The standard InChI is InChI=1S/C15H19NO3S/c1-2-11-5-3-4-6-13(11)15(19)16-7-8-20-10-12(16)9-14(17)18/h3-6,12H,2,7-10H2,1H3,(H,17,18). The van der Waals surface area contributed by atoms with Crippen molar-refractivity contribution in [1.82, 2.24) is 4.90 Å². The van der Waals surface area contributed by atoms with Crippen LogP contribution in [0.1, 0.15) is 29.3 Å². The second-order valence-electron chi connectivity index (χ2n) is 4.84. The highest BCUT2D eigenvalue weighted by molar-refractivity contribution is 7.99. The van der Waals surface area contributed by atoms with E-state index in [1.807, 2.05) is 31.2 Å². The molecule has 1 aliphatic rings. The summed E-state index contributed by atoms with van der Waals surface area (Å²) in [4.78, 5) is 25.4. The molecule has 0 aliphatic carbocycles. The molecule has 1 N–H and O–H groups in total. The molecule has 4 nitrogen and oxygen atoms in total. The summed E-state index contributed by atoms with van der Waals surface area (Å²) >= 11 is 1.71. The zero-order valence-corrected chi connectivity index (χ0v) is 12.4. The lowest BCUT2D eigenvalue weighted by Gasteiger charge is -2.35. The van der Waals surface area contributed by atoms with Crippen molar-refractivity contribution in [3.8, 4) is 0 Å². The average molecular weight is 293 g/mol. The van der Waals surface area contributed by atoms with Crippen LogP contribution in [0.15, 0.2) is 24.3 Å². The van der Waals surface area contributed by atoms with Gasteiger partial charge in [0.05, 0.1) is 12.5 Å². The normalized spacial score (nSPS) is 18.9. The maximum absolute atomic E-state index is 12.7. The van der Waals surface area contributed by atoms with Crippen molar-refractivity contribution in [2.75, 3.05) is 18.1 Å². The van der Waals surface area contributed by atoms with Crippen molar-refractivity contribution in [2.45, 2.75) is 25.8 Å². The van der Waals surface area contributed by atoms with Gasteiger partial charge in [0.25, 0.3) is 5.91 Å². The Balaban J connectivity index is 2.23. The Morgan fingerprint density at radius 3 is 2.85 bits per heavy atom. The first-order valence-corrected chi connectivity index (χ1v) is 7.97. The molecule has 108 valence electrons. The molecule has 20 heavy (non-hydrogen) atoms. The van der Waals surface area contributed by atoms with Crippen LogP contribution in [0.3, 0.4) is 0 Å². The molecule has 1 aliphatic heterocycles. The predicted molar refractivity (Wildman–Crippen MR) is 80.2 cm³/mol. The van der Waals surface area contributed by atoms with Gasteiger partial charge < -0.3 is 10.0 Å². The van der Waals surface area contributed by atoms with Gasteiger partial charge in [-0.15, -0.1) is 0 Å². The van der Waals surface area contributed by atoms with Gasteiger partial charge in [-0.05, 0) is 18.1 Å². The molecule has 0 aromatic heterocycles. The van der Waals surface area contributed by atoms with Gasteiger partial charge in [0.1, 0.15) is 0 Å². The minimum atomic E-state index is -0.848. The van der Waals surface area contributed by atoms with Crippen LogP contribution < -0.4 is 0 Å². The van der Waals surface area contributed by atoms with E-state index in [0.717, 1.165) is 17.7 Å². The zero-order valence-electron chi connectivity index (χ0n) is 11.5. The molecule has 1 unspecified atom stereocenters. The molecule has 1 aromatic carbocycles. The van der Waals surface area contributed by atoms with Gasteiger partial charge in [0.2, 0.25) is 0 Å². The highest BCUT2D eigenvalue weighted by Gasteiger charge is 2.30. The number of carbonyl (C=O) groups is 2. The quantitative estimate of drug-likeness (QED) is 0.925. The van der Waals surface area contributed by atoms with Crippen LogP contribution in [0.2, 0.25) is 0 Å². The molecule has 5 heteroatoms. The molecule has 1 aromatic rings. The molecule has 1 saturated heterocycles. The monoisotopic (exact) mass is 293 g/mol. The minimum Gasteiger partial charge on any atom is -0.481 e. The number of benzene rings is 1. The second kappa shape index (κ2) is 6.79. The Morgan fingerprint density at radius 1 is 1.40 bits per heavy atom. The van der Waals surface area contributed by atoms with Crippen molar-refractivity contribution in [2.24, 2.45) is 0 Å². The molecular formula is C15H19NO3S. The second-order valence-corrected chi connectivity index (χ2v) is 5.99. The number of amides is 1. The highest BCUT2D eigenvalue weighted by atomic mass is 32.2. The van der Waals surface area contributed by atoms with E-state index >= 15 is 0 Å². The van der Waals surface area contributed by atoms with E-state index in [1.54, 1.807) is 16.7 Å². The van der Waals surface area contributed by atoms with Crippen molar-refractivity contribution in [3.05, 3.63) is 35.4 Å². The van der Waals surface area contributed by atoms with Gasteiger partial charge in [-0.25, -0.2) is 0 Å². The Labute approximate surface area is 123 Å². The van der Waals surface area contributed by atoms with Crippen LogP contribution in [0.4, 0.5) is 0 Å². The largest absolute Gasteiger partial charge is 0.481 e. The molecule has 0 saturated carbocycles. The highest BCUT2D eigenvalue weighted by Crippen LogP contribution is 2.22. The topological polar surface area (TPSA) is 57.6 Å². The molecule has 1 atom stereocenters. The third kappa shape index (κ3) is 3.33. The molecule has 0 spiro atoms. The van der Waals surface area contributed by atoms with Gasteiger partial charge in [0, 0.05) is 23.6 Å². The molecule has 1 heterocycles. The number of carboxylic acids is 1. The molecular weight excluding hydrogens is 274 g/mol. The lowest BCUT2D eigenvalue weighted by molar-refractivity contribution is -0.138. The fourth-order valence-corrected chi connectivity index (χ4v) is 3.55. The van der Waals surface area contributed by atoms with Crippen LogP contribution in [0.5, 0.6) is 0 Å². The summed E-state index contributed by atoms with van der Waals surface area (Å²) in [6.07, 6.45) is 0.821. The number of thioether (sulfide) groups is 1. The number of aliphatic carboxylic acids is 1. The first kappa shape index (κ1) is 14.9. The third-order valence-corrected chi connectivity index (χ3v) is 4.62. The van der Waals surface area contributed by atoms with Crippen molar-refractivity contribution < 1.29 is 14.7 Å². The number of hydrogen-bond donors (Lipinski definition) is 1. The number of rotatable bonds is 4. The first-order valence-electron chi connectivity index (χ1n) is 6.82. The Hall–Kier alpha value is -1.49. The first-order chi connectivity index (χ1) is 9.63. The van der Waals surface area contributed by atoms with E-state index in [1.165, 1.54) is 0 Å². The SMILES string of the molecule is CCc1ccccc1C(=O)N1CCSCC1CC(=O)O. The van der Waals surface area contributed by atoms with E-state index in [9.17, 15) is 9.59 Å². The summed E-state index contributed by atoms with van der Waals surface area (Å²) in [6, 6.07) is 7.37. The number of aryl methyl sites for hydroxylation is 1. The van der Waals surface area contributed by atoms with E-state index in [4.69, 9.17) is 5.11 Å². The lowest BCUT2D eigenvalue weighted by atomic mass is 10.0. The molecule has 0 bridgehead atoms. The molecule has 2 rings (SSSR count). The summed E-state index contributed by atoms with van der Waals surface area (Å²) < 4.78 is 0. The average Bonchev–Trinajstić information content (AvgIpc) is 2.46. The summed E-state index contributed by atoms with van der Waals surface area (Å²) in [7, 11) is 0. The number of carboxylic acid groups (broad SMARTS) is 1. The van der Waals surface area contributed by atoms with Gasteiger partial charge >= 0.3 is 5.97 Å². The summed E-state index contributed by atoms with van der Waals surface area (Å²) in [5, 5.41) is 8.99. The molecule has 0 radical (unpaired) electrons. The Kier molecular flexibility index (Phi) is 5.06. The van der Waals surface area contributed by atoms with Gasteiger partial charge in [0.15, 0.2) is 0 Å². The van der Waals surface area contributed by atoms with Crippen LogP contribution in [0.25, 0.3) is 0 Å².